The maximum Gasteiger partial charge on any atom is 0.228 e. The zero-order valence-corrected chi connectivity index (χ0v) is 14.1. The molecule has 6 nitrogen and oxygen atoms in total. The quantitative estimate of drug-likeness (QED) is 0.797. The van der Waals surface area contributed by atoms with E-state index in [2.05, 4.69) is 19.8 Å². The van der Waals surface area contributed by atoms with Crippen LogP contribution < -0.4 is 9.64 Å². The molecule has 3 rings (SSSR count). The third kappa shape index (κ3) is 4.78. The maximum absolute atomic E-state index is 5.40. The largest absolute Gasteiger partial charge is 0.481 e. The number of ether oxygens (including phenoxy) is 2. The summed E-state index contributed by atoms with van der Waals surface area (Å²) in [6.45, 7) is 7.34. The summed E-state index contributed by atoms with van der Waals surface area (Å²) in [5.41, 5.74) is 0. The van der Waals surface area contributed by atoms with Gasteiger partial charge in [-0.15, -0.1) is 0 Å². The van der Waals surface area contributed by atoms with E-state index in [1.165, 1.54) is 32.2 Å². The van der Waals surface area contributed by atoms with Crippen molar-refractivity contribution in [2.75, 3.05) is 57.9 Å². The number of hydrogen-bond donors (Lipinski definition) is 0. The third-order valence-corrected chi connectivity index (χ3v) is 4.91. The normalized spacial score (nSPS) is 20.7. The second-order valence-electron chi connectivity index (χ2n) is 6.43. The molecule has 3 heterocycles. The number of anilines is 1. The minimum Gasteiger partial charge on any atom is -0.481 e. The van der Waals surface area contributed by atoms with Crippen LogP contribution in [0.15, 0.2) is 12.3 Å². The molecule has 1 aromatic heterocycles. The number of nitrogens with zero attached hydrogens (tertiary/aromatic N) is 4. The Morgan fingerprint density at radius 3 is 2.74 bits per heavy atom. The van der Waals surface area contributed by atoms with Crippen LogP contribution in [0.5, 0.6) is 5.88 Å². The van der Waals surface area contributed by atoms with Crippen LogP contribution in [0.4, 0.5) is 5.95 Å². The molecule has 2 aliphatic rings. The molecule has 0 atom stereocenters. The molecule has 2 saturated heterocycles. The molecule has 1 aromatic rings. The van der Waals surface area contributed by atoms with Gasteiger partial charge in [-0.05, 0) is 38.1 Å². The van der Waals surface area contributed by atoms with Crippen LogP contribution in [0.2, 0.25) is 0 Å². The summed E-state index contributed by atoms with van der Waals surface area (Å²) in [4.78, 5) is 13.6. The van der Waals surface area contributed by atoms with Crippen LogP contribution in [0.1, 0.15) is 25.7 Å². The molecule has 0 radical (unpaired) electrons. The van der Waals surface area contributed by atoms with E-state index in [0.717, 1.165) is 51.3 Å². The van der Waals surface area contributed by atoms with E-state index in [1.54, 1.807) is 19.4 Å². The van der Waals surface area contributed by atoms with Crippen molar-refractivity contribution in [3.63, 3.8) is 0 Å². The molecule has 0 spiro atoms. The SMILES string of the molecule is COc1ccnc(N2CCC(CCCN3CCOCC3)CC2)n1. The lowest BCUT2D eigenvalue weighted by atomic mass is 9.92. The summed E-state index contributed by atoms with van der Waals surface area (Å²) >= 11 is 0. The molecule has 0 amide bonds. The highest BCUT2D eigenvalue weighted by molar-refractivity contribution is 5.32. The molecular formula is C17H28N4O2. The standard InChI is InChI=1S/C17H28N4O2/c1-22-16-4-7-18-17(19-16)21-9-5-15(6-10-21)3-2-8-20-11-13-23-14-12-20/h4,7,15H,2-3,5-6,8-14H2,1H3. The van der Waals surface area contributed by atoms with E-state index in [4.69, 9.17) is 9.47 Å². The second-order valence-corrected chi connectivity index (χ2v) is 6.43. The van der Waals surface area contributed by atoms with Crippen LogP contribution in [0.25, 0.3) is 0 Å². The van der Waals surface area contributed by atoms with Crippen molar-refractivity contribution < 1.29 is 9.47 Å². The van der Waals surface area contributed by atoms with Gasteiger partial charge in [-0.2, -0.15) is 4.98 Å². The summed E-state index contributed by atoms with van der Waals surface area (Å²) in [6.07, 6.45) is 6.90. The van der Waals surface area contributed by atoms with Crippen LogP contribution in [0, 0.1) is 5.92 Å². The van der Waals surface area contributed by atoms with Gasteiger partial charge in [0.25, 0.3) is 0 Å². The van der Waals surface area contributed by atoms with Crippen molar-refractivity contribution in [2.45, 2.75) is 25.7 Å². The summed E-state index contributed by atoms with van der Waals surface area (Å²) < 4.78 is 10.6. The molecular weight excluding hydrogens is 292 g/mol. The molecule has 6 heteroatoms. The Hall–Kier alpha value is -1.40. The Kier molecular flexibility index (Phi) is 6.05. The molecule has 0 bridgehead atoms. The first-order valence-corrected chi connectivity index (χ1v) is 8.77. The fourth-order valence-electron chi connectivity index (χ4n) is 3.45. The van der Waals surface area contributed by atoms with Gasteiger partial charge in [0.1, 0.15) is 0 Å². The van der Waals surface area contributed by atoms with Gasteiger partial charge in [-0.3, -0.25) is 4.90 Å². The predicted molar refractivity (Wildman–Crippen MR) is 90.0 cm³/mol. The highest BCUT2D eigenvalue weighted by Gasteiger charge is 2.21. The number of piperidine rings is 1. The van der Waals surface area contributed by atoms with Crippen molar-refractivity contribution in [3.8, 4) is 5.88 Å². The van der Waals surface area contributed by atoms with Crippen LogP contribution >= 0.6 is 0 Å². The highest BCUT2D eigenvalue weighted by Crippen LogP contribution is 2.25. The van der Waals surface area contributed by atoms with Crippen molar-refractivity contribution in [3.05, 3.63) is 12.3 Å². The summed E-state index contributed by atoms with van der Waals surface area (Å²) in [5.74, 6) is 2.29. The molecule has 0 aliphatic carbocycles. The average Bonchev–Trinajstić information content (AvgIpc) is 2.63. The fourth-order valence-corrected chi connectivity index (χ4v) is 3.45. The highest BCUT2D eigenvalue weighted by atomic mass is 16.5. The van der Waals surface area contributed by atoms with Crippen molar-refractivity contribution >= 4 is 5.95 Å². The van der Waals surface area contributed by atoms with Gasteiger partial charge in [0, 0.05) is 38.4 Å². The molecule has 0 N–H and O–H groups in total. The van der Waals surface area contributed by atoms with E-state index in [0.29, 0.717) is 5.88 Å². The smallest absolute Gasteiger partial charge is 0.228 e. The summed E-state index contributed by atoms with van der Waals surface area (Å²) in [6, 6.07) is 1.79. The first-order valence-electron chi connectivity index (χ1n) is 8.77. The first kappa shape index (κ1) is 16.5. The topological polar surface area (TPSA) is 50.7 Å². The third-order valence-electron chi connectivity index (χ3n) is 4.91. The molecule has 0 aromatic carbocycles. The lowest BCUT2D eigenvalue weighted by Gasteiger charge is -2.32. The number of methoxy groups -OCH3 is 1. The van der Waals surface area contributed by atoms with E-state index >= 15 is 0 Å². The van der Waals surface area contributed by atoms with Crippen molar-refractivity contribution in [1.82, 2.24) is 14.9 Å². The van der Waals surface area contributed by atoms with Crippen molar-refractivity contribution in [1.29, 1.82) is 0 Å². The van der Waals surface area contributed by atoms with E-state index < -0.39 is 0 Å². The van der Waals surface area contributed by atoms with Gasteiger partial charge in [0.2, 0.25) is 11.8 Å². The van der Waals surface area contributed by atoms with Gasteiger partial charge in [-0.1, -0.05) is 0 Å². The zero-order valence-electron chi connectivity index (χ0n) is 14.1. The summed E-state index contributed by atoms with van der Waals surface area (Å²) in [5, 5.41) is 0. The number of hydrogen-bond acceptors (Lipinski definition) is 6. The Morgan fingerprint density at radius 1 is 1.22 bits per heavy atom. The molecule has 23 heavy (non-hydrogen) atoms. The Bertz CT molecular complexity index is 471. The van der Waals surface area contributed by atoms with Gasteiger partial charge in [0.05, 0.1) is 20.3 Å². The summed E-state index contributed by atoms with van der Waals surface area (Å²) in [7, 11) is 1.65. The van der Waals surface area contributed by atoms with Crippen molar-refractivity contribution in [2.24, 2.45) is 5.92 Å². The monoisotopic (exact) mass is 320 g/mol. The predicted octanol–water partition coefficient (Wildman–Crippen LogP) is 1.81. The van der Waals surface area contributed by atoms with E-state index in [9.17, 15) is 0 Å². The van der Waals surface area contributed by atoms with Crippen LogP contribution in [-0.4, -0.2) is 67.9 Å². The molecule has 0 saturated carbocycles. The minimum atomic E-state index is 0.641. The zero-order chi connectivity index (χ0) is 15.9. The second kappa shape index (κ2) is 8.45. The molecule has 2 fully saturated rings. The number of rotatable bonds is 6. The van der Waals surface area contributed by atoms with Crippen LogP contribution in [-0.2, 0) is 4.74 Å². The number of aromatic nitrogens is 2. The van der Waals surface area contributed by atoms with Gasteiger partial charge in [-0.25, -0.2) is 4.98 Å². The lowest BCUT2D eigenvalue weighted by Crippen LogP contribution is -2.37. The molecule has 0 unspecified atom stereocenters. The minimum absolute atomic E-state index is 0.641. The Labute approximate surface area is 138 Å². The van der Waals surface area contributed by atoms with Crippen LogP contribution in [0.3, 0.4) is 0 Å². The Morgan fingerprint density at radius 2 is 2.00 bits per heavy atom. The molecule has 2 aliphatic heterocycles. The first-order chi connectivity index (χ1) is 11.3. The van der Waals surface area contributed by atoms with Gasteiger partial charge < -0.3 is 14.4 Å². The Balaban J connectivity index is 1.38. The van der Waals surface area contributed by atoms with E-state index in [1.807, 2.05) is 0 Å². The number of morpholine rings is 1. The van der Waals surface area contributed by atoms with Gasteiger partial charge >= 0.3 is 0 Å². The van der Waals surface area contributed by atoms with E-state index in [-0.39, 0.29) is 0 Å². The maximum atomic E-state index is 5.40. The van der Waals surface area contributed by atoms with Gasteiger partial charge in [0.15, 0.2) is 0 Å². The fraction of sp³-hybridized carbons (Fsp3) is 0.765. The molecule has 128 valence electrons. The average molecular weight is 320 g/mol. The lowest BCUT2D eigenvalue weighted by molar-refractivity contribution is 0.0365.